The van der Waals surface area contributed by atoms with Crippen molar-refractivity contribution >= 4 is 29.2 Å². The molecule has 0 atom stereocenters. The predicted octanol–water partition coefficient (Wildman–Crippen LogP) is 3.50. The van der Waals surface area contributed by atoms with Crippen LogP contribution in [0.1, 0.15) is 21.1 Å². The lowest BCUT2D eigenvalue weighted by atomic mass is 10.2. The summed E-state index contributed by atoms with van der Waals surface area (Å²) in [5.41, 5.74) is 1.35. The van der Waals surface area contributed by atoms with E-state index in [0.29, 0.717) is 29.2 Å². The molecule has 0 aliphatic rings. The summed E-state index contributed by atoms with van der Waals surface area (Å²) in [5.74, 6) is 0.486. The van der Waals surface area contributed by atoms with E-state index < -0.39 is 0 Å². The van der Waals surface area contributed by atoms with E-state index in [4.69, 9.17) is 16.3 Å². The standard InChI is InChI=1S/C12H10ClNO2S/c1-8-7-17-12(14-8)6-16-11-4-2-3-10(13)9(11)5-15/h2-5,7H,6H2,1H3. The number of aldehydes is 1. The lowest BCUT2D eigenvalue weighted by Crippen LogP contribution is -1.98. The maximum absolute atomic E-state index is 10.9. The molecule has 1 aromatic heterocycles. The Labute approximate surface area is 108 Å². The number of thiazole rings is 1. The van der Waals surface area contributed by atoms with Crippen LogP contribution >= 0.6 is 22.9 Å². The molecule has 0 amide bonds. The van der Waals surface area contributed by atoms with E-state index in [-0.39, 0.29) is 0 Å². The van der Waals surface area contributed by atoms with Gasteiger partial charge in [0.25, 0.3) is 0 Å². The average Bonchev–Trinajstić information content (AvgIpc) is 2.72. The lowest BCUT2D eigenvalue weighted by molar-refractivity contribution is 0.111. The summed E-state index contributed by atoms with van der Waals surface area (Å²) in [6.45, 7) is 2.27. The molecule has 0 fully saturated rings. The van der Waals surface area contributed by atoms with Crippen molar-refractivity contribution < 1.29 is 9.53 Å². The molecular weight excluding hydrogens is 258 g/mol. The molecule has 0 spiro atoms. The van der Waals surface area contributed by atoms with Crippen molar-refractivity contribution in [1.29, 1.82) is 0 Å². The number of halogens is 1. The molecule has 3 nitrogen and oxygen atoms in total. The van der Waals surface area contributed by atoms with Crippen molar-refractivity contribution in [1.82, 2.24) is 4.98 Å². The molecule has 0 aliphatic carbocycles. The van der Waals surface area contributed by atoms with Gasteiger partial charge >= 0.3 is 0 Å². The molecule has 0 radical (unpaired) electrons. The van der Waals surface area contributed by atoms with Crippen LogP contribution in [0.4, 0.5) is 0 Å². The Morgan fingerprint density at radius 2 is 2.35 bits per heavy atom. The number of carbonyl (C=O) groups excluding carboxylic acids is 1. The topological polar surface area (TPSA) is 39.2 Å². The largest absolute Gasteiger partial charge is 0.486 e. The molecule has 1 aromatic carbocycles. The fourth-order valence-electron chi connectivity index (χ4n) is 1.37. The third-order valence-corrected chi connectivity index (χ3v) is 3.42. The number of carbonyl (C=O) groups is 1. The van der Waals surface area contributed by atoms with Crippen LogP contribution in [0.25, 0.3) is 0 Å². The van der Waals surface area contributed by atoms with Gasteiger partial charge in [-0.15, -0.1) is 11.3 Å². The zero-order valence-electron chi connectivity index (χ0n) is 9.14. The Kier molecular flexibility index (Phi) is 3.76. The van der Waals surface area contributed by atoms with Crippen molar-refractivity contribution in [3.63, 3.8) is 0 Å². The molecule has 0 bridgehead atoms. The van der Waals surface area contributed by atoms with E-state index in [1.54, 1.807) is 18.2 Å². The first kappa shape index (κ1) is 12.1. The Morgan fingerprint density at radius 1 is 1.53 bits per heavy atom. The number of hydrogen-bond acceptors (Lipinski definition) is 4. The number of aromatic nitrogens is 1. The van der Waals surface area contributed by atoms with Crippen molar-refractivity contribution in [3.8, 4) is 5.75 Å². The Hall–Kier alpha value is -1.39. The van der Waals surface area contributed by atoms with Crippen LogP contribution in [0.5, 0.6) is 5.75 Å². The van der Waals surface area contributed by atoms with Gasteiger partial charge in [-0.1, -0.05) is 17.7 Å². The molecule has 0 unspecified atom stereocenters. The highest BCUT2D eigenvalue weighted by molar-refractivity contribution is 7.09. The highest BCUT2D eigenvalue weighted by Gasteiger charge is 2.08. The normalized spacial score (nSPS) is 10.2. The van der Waals surface area contributed by atoms with Crippen LogP contribution in [0.15, 0.2) is 23.6 Å². The number of nitrogens with zero attached hydrogens (tertiary/aromatic N) is 1. The highest BCUT2D eigenvalue weighted by Crippen LogP contribution is 2.25. The molecule has 2 aromatic rings. The Balaban J connectivity index is 2.14. The molecule has 0 saturated carbocycles. The smallest absolute Gasteiger partial charge is 0.155 e. The SMILES string of the molecule is Cc1csc(COc2cccc(Cl)c2C=O)n1. The first-order chi connectivity index (χ1) is 8.20. The van der Waals surface area contributed by atoms with E-state index in [0.717, 1.165) is 10.7 Å². The molecule has 0 aliphatic heterocycles. The number of rotatable bonds is 4. The molecule has 0 saturated heterocycles. The van der Waals surface area contributed by atoms with Crippen LogP contribution < -0.4 is 4.74 Å². The minimum Gasteiger partial charge on any atom is -0.486 e. The van der Waals surface area contributed by atoms with Crippen LogP contribution in [0, 0.1) is 6.92 Å². The third-order valence-electron chi connectivity index (χ3n) is 2.15. The van der Waals surface area contributed by atoms with Crippen LogP contribution in [-0.4, -0.2) is 11.3 Å². The van der Waals surface area contributed by atoms with Crippen LogP contribution in [0.2, 0.25) is 5.02 Å². The summed E-state index contributed by atoms with van der Waals surface area (Å²) in [4.78, 5) is 15.2. The quantitative estimate of drug-likeness (QED) is 0.796. The summed E-state index contributed by atoms with van der Waals surface area (Å²) in [6, 6.07) is 5.12. The van der Waals surface area contributed by atoms with Crippen molar-refractivity contribution in [3.05, 3.63) is 44.9 Å². The second kappa shape index (κ2) is 5.29. The number of hydrogen-bond donors (Lipinski definition) is 0. The van der Waals surface area contributed by atoms with Gasteiger partial charge in [-0.05, 0) is 19.1 Å². The maximum atomic E-state index is 10.9. The van der Waals surface area contributed by atoms with E-state index >= 15 is 0 Å². The first-order valence-corrected chi connectivity index (χ1v) is 6.24. The third kappa shape index (κ3) is 2.84. The van der Waals surface area contributed by atoms with Gasteiger partial charge in [0.05, 0.1) is 10.6 Å². The first-order valence-electron chi connectivity index (χ1n) is 4.98. The number of ether oxygens (including phenoxy) is 1. The average molecular weight is 268 g/mol. The number of benzene rings is 1. The minimum atomic E-state index is 0.347. The molecule has 2 rings (SSSR count). The van der Waals surface area contributed by atoms with Gasteiger partial charge in [0.15, 0.2) is 6.29 Å². The van der Waals surface area contributed by atoms with Crippen LogP contribution in [0.3, 0.4) is 0 Å². The zero-order chi connectivity index (χ0) is 12.3. The van der Waals surface area contributed by atoms with Gasteiger partial charge in [-0.25, -0.2) is 4.98 Å². The molecular formula is C12H10ClNO2S. The lowest BCUT2D eigenvalue weighted by Gasteiger charge is -2.07. The van der Waals surface area contributed by atoms with E-state index in [2.05, 4.69) is 4.98 Å². The second-order valence-electron chi connectivity index (χ2n) is 3.44. The van der Waals surface area contributed by atoms with Crippen LogP contribution in [-0.2, 0) is 6.61 Å². The van der Waals surface area contributed by atoms with E-state index in [1.165, 1.54) is 11.3 Å². The van der Waals surface area contributed by atoms with Crippen molar-refractivity contribution in [2.45, 2.75) is 13.5 Å². The van der Waals surface area contributed by atoms with E-state index in [9.17, 15) is 4.79 Å². The Bertz CT molecular complexity index is 539. The van der Waals surface area contributed by atoms with Gasteiger partial charge in [-0.2, -0.15) is 0 Å². The second-order valence-corrected chi connectivity index (χ2v) is 4.79. The predicted molar refractivity (Wildman–Crippen MR) is 68.0 cm³/mol. The maximum Gasteiger partial charge on any atom is 0.155 e. The minimum absolute atomic E-state index is 0.347. The fraction of sp³-hybridized carbons (Fsp3) is 0.167. The van der Waals surface area contributed by atoms with Gasteiger partial charge in [0.2, 0.25) is 0 Å². The molecule has 5 heteroatoms. The van der Waals surface area contributed by atoms with E-state index in [1.807, 2.05) is 12.3 Å². The van der Waals surface area contributed by atoms with Crippen molar-refractivity contribution in [2.75, 3.05) is 0 Å². The fourth-order valence-corrected chi connectivity index (χ4v) is 2.26. The highest BCUT2D eigenvalue weighted by atomic mass is 35.5. The molecule has 1 heterocycles. The molecule has 17 heavy (non-hydrogen) atoms. The Morgan fingerprint density at radius 3 is 3.00 bits per heavy atom. The van der Waals surface area contributed by atoms with Gasteiger partial charge < -0.3 is 4.74 Å². The van der Waals surface area contributed by atoms with Crippen molar-refractivity contribution in [2.24, 2.45) is 0 Å². The molecule has 88 valence electrons. The summed E-state index contributed by atoms with van der Waals surface area (Å²) in [7, 11) is 0. The van der Waals surface area contributed by atoms with Gasteiger partial charge in [0, 0.05) is 11.1 Å². The summed E-state index contributed by atoms with van der Waals surface area (Å²) in [5, 5.41) is 3.23. The zero-order valence-corrected chi connectivity index (χ0v) is 10.7. The summed E-state index contributed by atoms with van der Waals surface area (Å²) < 4.78 is 5.54. The van der Waals surface area contributed by atoms with Gasteiger partial charge in [-0.3, -0.25) is 4.79 Å². The molecule has 0 N–H and O–H groups in total. The number of aryl methyl sites for hydroxylation is 1. The van der Waals surface area contributed by atoms with Gasteiger partial charge in [0.1, 0.15) is 17.4 Å². The summed E-state index contributed by atoms with van der Waals surface area (Å²) in [6.07, 6.45) is 0.699. The summed E-state index contributed by atoms with van der Waals surface area (Å²) >= 11 is 7.42. The monoisotopic (exact) mass is 267 g/mol.